The first-order valence-corrected chi connectivity index (χ1v) is 4.74. The van der Waals surface area contributed by atoms with Crippen LogP contribution in [0.2, 0.25) is 0 Å². The van der Waals surface area contributed by atoms with Crippen molar-refractivity contribution in [2.45, 2.75) is 12.8 Å². The summed E-state index contributed by atoms with van der Waals surface area (Å²) in [4.78, 5) is 28.1. The van der Waals surface area contributed by atoms with Crippen molar-refractivity contribution in [2.24, 2.45) is 0 Å². The zero-order chi connectivity index (χ0) is 11.3. The SMILES string of the molecule is CN(C)C(=O)CCC(=O)c1cccnc1. The molecule has 0 fully saturated rings. The van der Waals surface area contributed by atoms with Crippen LogP contribution in [0.25, 0.3) is 0 Å². The second kappa shape index (κ2) is 5.24. The second-order valence-electron chi connectivity index (χ2n) is 3.45. The third kappa shape index (κ3) is 3.50. The molecule has 0 aliphatic rings. The minimum atomic E-state index is -0.0432. The first kappa shape index (κ1) is 11.4. The summed E-state index contributed by atoms with van der Waals surface area (Å²) in [7, 11) is 3.35. The van der Waals surface area contributed by atoms with Gasteiger partial charge >= 0.3 is 0 Å². The summed E-state index contributed by atoms with van der Waals surface area (Å²) in [6, 6.07) is 3.41. The van der Waals surface area contributed by atoms with Crippen LogP contribution < -0.4 is 0 Å². The highest BCUT2D eigenvalue weighted by molar-refractivity contribution is 5.97. The molecule has 0 saturated carbocycles. The minimum Gasteiger partial charge on any atom is -0.349 e. The third-order valence-electron chi connectivity index (χ3n) is 2.05. The van der Waals surface area contributed by atoms with E-state index in [-0.39, 0.29) is 24.5 Å². The van der Waals surface area contributed by atoms with Crippen LogP contribution in [-0.4, -0.2) is 35.7 Å². The van der Waals surface area contributed by atoms with E-state index in [1.54, 1.807) is 32.4 Å². The number of amides is 1. The molecule has 0 spiro atoms. The molecule has 0 unspecified atom stereocenters. The Morgan fingerprint density at radius 2 is 2.07 bits per heavy atom. The monoisotopic (exact) mass is 206 g/mol. The standard InChI is InChI=1S/C11H14N2O2/c1-13(2)11(15)6-5-10(14)9-4-3-7-12-8-9/h3-4,7-8H,5-6H2,1-2H3. The Bertz CT molecular complexity index is 347. The van der Waals surface area contributed by atoms with Gasteiger partial charge in [-0.25, -0.2) is 0 Å². The average Bonchev–Trinajstić information content (AvgIpc) is 2.26. The maximum atomic E-state index is 11.6. The van der Waals surface area contributed by atoms with Crippen LogP contribution >= 0.6 is 0 Å². The van der Waals surface area contributed by atoms with Crippen molar-refractivity contribution in [3.63, 3.8) is 0 Å². The lowest BCUT2D eigenvalue weighted by Gasteiger charge is -2.08. The lowest BCUT2D eigenvalue weighted by Crippen LogP contribution is -2.22. The van der Waals surface area contributed by atoms with Gasteiger partial charge < -0.3 is 4.90 Å². The molecule has 0 aliphatic carbocycles. The normalized spacial score (nSPS) is 9.73. The number of nitrogens with zero attached hydrogens (tertiary/aromatic N) is 2. The Morgan fingerprint density at radius 3 is 2.60 bits per heavy atom. The van der Waals surface area contributed by atoms with Gasteiger partial charge in [0.05, 0.1) is 0 Å². The van der Waals surface area contributed by atoms with Gasteiger partial charge in [0, 0.05) is 44.9 Å². The number of hydrogen-bond donors (Lipinski definition) is 0. The van der Waals surface area contributed by atoms with Crippen molar-refractivity contribution in [3.05, 3.63) is 30.1 Å². The molecule has 4 nitrogen and oxygen atoms in total. The molecule has 1 amide bonds. The number of carbonyl (C=O) groups is 2. The topological polar surface area (TPSA) is 50.3 Å². The molecule has 0 radical (unpaired) electrons. The van der Waals surface area contributed by atoms with Gasteiger partial charge in [0.1, 0.15) is 0 Å². The number of hydrogen-bond acceptors (Lipinski definition) is 3. The quantitative estimate of drug-likeness (QED) is 0.694. The fraction of sp³-hybridized carbons (Fsp3) is 0.364. The molecule has 1 aromatic heterocycles. The lowest BCUT2D eigenvalue weighted by atomic mass is 10.1. The number of pyridine rings is 1. The van der Waals surface area contributed by atoms with Gasteiger partial charge in [-0.2, -0.15) is 0 Å². The van der Waals surface area contributed by atoms with Crippen molar-refractivity contribution >= 4 is 11.7 Å². The molecule has 0 atom stereocenters. The van der Waals surface area contributed by atoms with Gasteiger partial charge in [-0.1, -0.05) is 0 Å². The van der Waals surface area contributed by atoms with Crippen LogP contribution in [-0.2, 0) is 4.79 Å². The summed E-state index contributed by atoms with van der Waals surface area (Å²) in [5.74, 6) is -0.0782. The fourth-order valence-corrected chi connectivity index (χ4v) is 1.12. The predicted octanol–water partition coefficient (Wildman–Crippen LogP) is 1.13. The van der Waals surface area contributed by atoms with Crippen molar-refractivity contribution in [1.82, 2.24) is 9.88 Å². The first-order chi connectivity index (χ1) is 7.11. The molecule has 0 aromatic carbocycles. The van der Waals surface area contributed by atoms with Crippen LogP contribution in [0.15, 0.2) is 24.5 Å². The van der Waals surface area contributed by atoms with Crippen LogP contribution in [0.1, 0.15) is 23.2 Å². The lowest BCUT2D eigenvalue weighted by molar-refractivity contribution is -0.128. The Hall–Kier alpha value is -1.71. The Kier molecular flexibility index (Phi) is 3.97. The van der Waals surface area contributed by atoms with Gasteiger partial charge in [-0.3, -0.25) is 14.6 Å². The van der Waals surface area contributed by atoms with Gasteiger partial charge in [0.25, 0.3) is 0 Å². The average molecular weight is 206 g/mol. The summed E-state index contributed by atoms with van der Waals surface area (Å²) >= 11 is 0. The van der Waals surface area contributed by atoms with Crippen molar-refractivity contribution < 1.29 is 9.59 Å². The number of Topliss-reactive ketones (excluding diaryl/α,β-unsaturated/α-hetero) is 1. The van der Waals surface area contributed by atoms with E-state index in [0.29, 0.717) is 5.56 Å². The molecule has 15 heavy (non-hydrogen) atoms. The molecule has 0 N–H and O–H groups in total. The summed E-state index contributed by atoms with van der Waals surface area (Å²) in [5, 5.41) is 0. The summed E-state index contributed by atoms with van der Waals surface area (Å²) < 4.78 is 0. The van der Waals surface area contributed by atoms with Gasteiger partial charge in [-0.15, -0.1) is 0 Å². The van der Waals surface area contributed by atoms with E-state index < -0.39 is 0 Å². The van der Waals surface area contributed by atoms with E-state index >= 15 is 0 Å². The summed E-state index contributed by atoms with van der Waals surface area (Å²) in [6.45, 7) is 0. The van der Waals surface area contributed by atoms with Gasteiger partial charge in [0.15, 0.2) is 5.78 Å². The fourth-order valence-electron chi connectivity index (χ4n) is 1.12. The van der Waals surface area contributed by atoms with Crippen LogP contribution in [0.3, 0.4) is 0 Å². The van der Waals surface area contributed by atoms with Crippen molar-refractivity contribution in [2.75, 3.05) is 14.1 Å². The summed E-state index contributed by atoms with van der Waals surface area (Å²) in [6.07, 6.45) is 3.62. The van der Waals surface area contributed by atoms with Crippen LogP contribution in [0, 0.1) is 0 Å². The molecule has 1 aromatic rings. The molecule has 4 heteroatoms. The molecule has 1 heterocycles. The van der Waals surface area contributed by atoms with Crippen molar-refractivity contribution in [1.29, 1.82) is 0 Å². The van der Waals surface area contributed by atoms with E-state index in [2.05, 4.69) is 4.98 Å². The van der Waals surface area contributed by atoms with E-state index in [4.69, 9.17) is 0 Å². The van der Waals surface area contributed by atoms with E-state index in [9.17, 15) is 9.59 Å². The zero-order valence-corrected chi connectivity index (χ0v) is 8.93. The molecule has 80 valence electrons. The minimum absolute atomic E-state index is 0.0350. The molecule has 0 bridgehead atoms. The number of rotatable bonds is 4. The number of ketones is 1. The van der Waals surface area contributed by atoms with Crippen LogP contribution in [0.5, 0.6) is 0 Å². The smallest absolute Gasteiger partial charge is 0.222 e. The van der Waals surface area contributed by atoms with Crippen LogP contribution in [0.4, 0.5) is 0 Å². The highest BCUT2D eigenvalue weighted by Gasteiger charge is 2.09. The van der Waals surface area contributed by atoms with Gasteiger partial charge in [0.2, 0.25) is 5.91 Å². The largest absolute Gasteiger partial charge is 0.349 e. The number of aromatic nitrogens is 1. The highest BCUT2D eigenvalue weighted by atomic mass is 16.2. The Balaban J connectivity index is 2.48. The third-order valence-corrected chi connectivity index (χ3v) is 2.05. The highest BCUT2D eigenvalue weighted by Crippen LogP contribution is 2.04. The second-order valence-corrected chi connectivity index (χ2v) is 3.45. The van der Waals surface area contributed by atoms with Crippen molar-refractivity contribution in [3.8, 4) is 0 Å². The van der Waals surface area contributed by atoms with E-state index in [1.165, 1.54) is 11.1 Å². The molecule has 0 saturated heterocycles. The summed E-state index contributed by atoms with van der Waals surface area (Å²) in [5.41, 5.74) is 0.559. The first-order valence-electron chi connectivity index (χ1n) is 4.74. The Morgan fingerprint density at radius 1 is 1.33 bits per heavy atom. The van der Waals surface area contributed by atoms with Gasteiger partial charge in [-0.05, 0) is 12.1 Å². The van der Waals surface area contributed by atoms with E-state index in [1.807, 2.05) is 0 Å². The molecular formula is C11H14N2O2. The predicted molar refractivity (Wildman–Crippen MR) is 56.5 cm³/mol. The maximum Gasteiger partial charge on any atom is 0.222 e. The molecular weight excluding hydrogens is 192 g/mol. The Labute approximate surface area is 88.9 Å². The maximum absolute atomic E-state index is 11.6. The molecule has 0 aliphatic heterocycles. The van der Waals surface area contributed by atoms with E-state index in [0.717, 1.165) is 0 Å². The zero-order valence-electron chi connectivity index (χ0n) is 8.93. The molecule has 1 rings (SSSR count). The number of carbonyl (C=O) groups excluding carboxylic acids is 2.